The molecule has 5 nitrogen and oxygen atoms in total. The fourth-order valence-electron chi connectivity index (χ4n) is 1.53. The van der Waals surface area contributed by atoms with Crippen LogP contribution in [0.1, 0.15) is 5.56 Å². The van der Waals surface area contributed by atoms with E-state index in [0.29, 0.717) is 14.8 Å². The van der Waals surface area contributed by atoms with Gasteiger partial charge >= 0.3 is 10.1 Å². The second-order valence-electron chi connectivity index (χ2n) is 4.07. The molecule has 106 valence electrons. The van der Waals surface area contributed by atoms with Crippen LogP contribution in [0.5, 0.6) is 5.75 Å². The Morgan fingerprint density at radius 3 is 2.55 bits per heavy atom. The van der Waals surface area contributed by atoms with Crippen LogP contribution in [-0.2, 0) is 14.9 Å². The van der Waals surface area contributed by atoms with Crippen LogP contribution in [-0.4, -0.2) is 36.8 Å². The highest BCUT2D eigenvalue weighted by molar-refractivity contribution is 8.26. The molecule has 0 bridgehead atoms. The number of hydrogen-bond acceptors (Lipinski definition) is 6. The predicted octanol–water partition coefficient (Wildman–Crippen LogP) is 1.86. The molecule has 8 heteroatoms. The monoisotopic (exact) mass is 329 g/mol. The van der Waals surface area contributed by atoms with E-state index >= 15 is 0 Å². The van der Waals surface area contributed by atoms with Crippen LogP contribution in [0, 0.1) is 0 Å². The van der Waals surface area contributed by atoms with Crippen LogP contribution < -0.4 is 4.18 Å². The van der Waals surface area contributed by atoms with Crippen molar-refractivity contribution >= 4 is 50.4 Å². The van der Waals surface area contributed by atoms with Crippen molar-refractivity contribution in [3.8, 4) is 5.75 Å². The van der Waals surface area contributed by atoms with Crippen LogP contribution >= 0.6 is 24.0 Å². The number of carbonyl (C=O) groups is 1. The number of rotatable bonds is 3. The summed E-state index contributed by atoms with van der Waals surface area (Å²) >= 11 is 6.20. The quantitative estimate of drug-likeness (QED) is 0.479. The predicted molar refractivity (Wildman–Crippen MR) is 82.8 cm³/mol. The number of para-hydroxylation sites is 1. The van der Waals surface area contributed by atoms with Crippen LogP contribution in [0.15, 0.2) is 29.2 Å². The lowest BCUT2D eigenvalue weighted by molar-refractivity contribution is -0.121. The molecule has 2 rings (SSSR count). The molecule has 20 heavy (non-hydrogen) atoms. The minimum Gasteiger partial charge on any atom is -0.382 e. The Bertz CT molecular complexity index is 709. The van der Waals surface area contributed by atoms with Crippen molar-refractivity contribution < 1.29 is 17.4 Å². The Morgan fingerprint density at radius 1 is 1.35 bits per heavy atom. The van der Waals surface area contributed by atoms with Crippen LogP contribution in [0.25, 0.3) is 6.08 Å². The highest BCUT2D eigenvalue weighted by Gasteiger charge is 2.29. The first-order chi connectivity index (χ1) is 9.28. The second kappa shape index (κ2) is 5.55. The molecule has 1 saturated heterocycles. The third-order valence-electron chi connectivity index (χ3n) is 2.43. The van der Waals surface area contributed by atoms with Gasteiger partial charge in [-0.1, -0.05) is 42.2 Å². The number of thioether (sulfide) groups is 1. The van der Waals surface area contributed by atoms with Gasteiger partial charge in [-0.15, -0.1) is 0 Å². The molecular weight excluding hydrogens is 318 g/mol. The molecule has 1 aromatic rings. The Kier molecular flexibility index (Phi) is 4.17. The molecule has 1 aliphatic heterocycles. The van der Waals surface area contributed by atoms with Crippen molar-refractivity contribution in [2.24, 2.45) is 0 Å². The zero-order valence-corrected chi connectivity index (χ0v) is 13.1. The van der Waals surface area contributed by atoms with E-state index in [2.05, 4.69) is 0 Å². The maximum atomic E-state index is 11.9. The normalized spacial score (nSPS) is 17.9. The van der Waals surface area contributed by atoms with E-state index in [1.54, 1.807) is 31.3 Å². The van der Waals surface area contributed by atoms with Gasteiger partial charge in [0.2, 0.25) is 0 Å². The number of benzene rings is 1. The summed E-state index contributed by atoms with van der Waals surface area (Å²) in [6.07, 6.45) is 2.54. The maximum Gasteiger partial charge on any atom is 0.306 e. The lowest BCUT2D eigenvalue weighted by atomic mass is 10.2. The van der Waals surface area contributed by atoms with Gasteiger partial charge in [0.15, 0.2) is 0 Å². The Morgan fingerprint density at radius 2 is 2.00 bits per heavy atom. The molecule has 0 aromatic heterocycles. The first-order valence-electron chi connectivity index (χ1n) is 5.48. The molecule has 0 spiro atoms. The SMILES string of the molecule is CN1C(=O)C(=Cc2ccccc2OS(C)(=O)=O)SC1=S. The van der Waals surface area contributed by atoms with E-state index in [1.807, 2.05) is 0 Å². The molecule has 0 N–H and O–H groups in total. The van der Waals surface area contributed by atoms with Crippen molar-refractivity contribution in [3.05, 3.63) is 34.7 Å². The Labute approximate surface area is 126 Å². The number of amides is 1. The van der Waals surface area contributed by atoms with E-state index in [0.717, 1.165) is 6.26 Å². The van der Waals surface area contributed by atoms with E-state index in [4.69, 9.17) is 16.4 Å². The third kappa shape index (κ3) is 3.38. The molecule has 1 fully saturated rings. The minimum atomic E-state index is -3.63. The number of nitrogens with zero attached hydrogens (tertiary/aromatic N) is 1. The zero-order chi connectivity index (χ0) is 14.9. The van der Waals surface area contributed by atoms with Gasteiger partial charge in [0.1, 0.15) is 10.1 Å². The van der Waals surface area contributed by atoms with Gasteiger partial charge in [0, 0.05) is 12.6 Å². The summed E-state index contributed by atoms with van der Waals surface area (Å²) in [6, 6.07) is 6.58. The van der Waals surface area contributed by atoms with E-state index in [-0.39, 0.29) is 11.7 Å². The van der Waals surface area contributed by atoms with Crippen molar-refractivity contribution in [2.45, 2.75) is 0 Å². The van der Waals surface area contributed by atoms with Gasteiger partial charge in [-0.3, -0.25) is 9.69 Å². The summed E-state index contributed by atoms with van der Waals surface area (Å²) < 4.78 is 27.8. The van der Waals surface area contributed by atoms with Gasteiger partial charge in [-0.05, 0) is 12.1 Å². The highest BCUT2D eigenvalue weighted by atomic mass is 32.2. The highest BCUT2D eigenvalue weighted by Crippen LogP contribution is 2.33. The van der Waals surface area contributed by atoms with E-state index < -0.39 is 10.1 Å². The first kappa shape index (κ1) is 15.0. The smallest absolute Gasteiger partial charge is 0.306 e. The minimum absolute atomic E-state index is 0.177. The molecule has 1 aromatic carbocycles. The Balaban J connectivity index is 2.40. The summed E-state index contributed by atoms with van der Waals surface area (Å²) in [5.74, 6) is -0.0365. The number of thiocarbonyl (C=S) groups is 1. The summed E-state index contributed by atoms with van der Waals surface area (Å²) in [4.78, 5) is 13.7. The number of likely N-dealkylation sites (N-methyl/N-ethyl adjacent to an activating group) is 1. The molecule has 0 unspecified atom stereocenters. The Hall–Kier alpha value is -1.38. The van der Waals surface area contributed by atoms with Crippen molar-refractivity contribution in [3.63, 3.8) is 0 Å². The van der Waals surface area contributed by atoms with Gasteiger partial charge in [-0.25, -0.2) is 0 Å². The van der Waals surface area contributed by atoms with Crippen LogP contribution in [0.2, 0.25) is 0 Å². The lowest BCUT2D eigenvalue weighted by Crippen LogP contribution is -2.22. The average Bonchev–Trinajstić information content (AvgIpc) is 2.58. The standard InChI is InChI=1S/C12H11NO4S3/c1-13-11(14)10(19-12(13)18)7-8-5-3-4-6-9(8)17-20(2,15)16/h3-7H,1-2H3. The maximum absolute atomic E-state index is 11.9. The molecular formula is C12H11NO4S3. The molecule has 0 atom stereocenters. The van der Waals surface area contributed by atoms with Gasteiger partial charge in [0.25, 0.3) is 5.91 Å². The lowest BCUT2D eigenvalue weighted by Gasteiger charge is -2.06. The van der Waals surface area contributed by atoms with E-state index in [9.17, 15) is 13.2 Å². The average molecular weight is 329 g/mol. The summed E-state index contributed by atoms with van der Waals surface area (Å²) in [6.45, 7) is 0. The van der Waals surface area contributed by atoms with Crippen molar-refractivity contribution in [1.82, 2.24) is 4.90 Å². The van der Waals surface area contributed by atoms with Crippen LogP contribution in [0.3, 0.4) is 0 Å². The van der Waals surface area contributed by atoms with Crippen molar-refractivity contribution in [1.29, 1.82) is 0 Å². The third-order valence-corrected chi connectivity index (χ3v) is 4.40. The molecule has 1 amide bonds. The number of hydrogen-bond donors (Lipinski definition) is 0. The van der Waals surface area contributed by atoms with Crippen molar-refractivity contribution in [2.75, 3.05) is 13.3 Å². The molecule has 1 aliphatic rings. The second-order valence-corrected chi connectivity index (χ2v) is 7.32. The topological polar surface area (TPSA) is 63.7 Å². The zero-order valence-electron chi connectivity index (χ0n) is 10.7. The molecule has 0 saturated carbocycles. The van der Waals surface area contributed by atoms with Crippen LogP contribution in [0.4, 0.5) is 0 Å². The summed E-state index contributed by atoms with van der Waals surface area (Å²) in [5, 5.41) is 0. The number of carbonyl (C=O) groups excluding carboxylic acids is 1. The first-order valence-corrected chi connectivity index (χ1v) is 8.52. The molecule has 0 aliphatic carbocycles. The fraction of sp³-hybridized carbons (Fsp3) is 0.167. The molecule has 0 radical (unpaired) electrons. The summed E-state index contributed by atoms with van der Waals surface area (Å²) in [7, 11) is -2.03. The van der Waals surface area contributed by atoms with E-state index in [1.165, 1.54) is 22.7 Å². The van der Waals surface area contributed by atoms with Gasteiger partial charge < -0.3 is 4.18 Å². The summed E-state index contributed by atoms with van der Waals surface area (Å²) in [5.41, 5.74) is 0.506. The molecule has 1 heterocycles. The van der Waals surface area contributed by atoms with Gasteiger partial charge in [0.05, 0.1) is 11.2 Å². The van der Waals surface area contributed by atoms with Gasteiger partial charge in [-0.2, -0.15) is 8.42 Å². The fourth-order valence-corrected chi connectivity index (χ4v) is 3.17. The largest absolute Gasteiger partial charge is 0.382 e.